The molecule has 1 saturated heterocycles. The van der Waals surface area contributed by atoms with Gasteiger partial charge in [-0.25, -0.2) is 0 Å². The van der Waals surface area contributed by atoms with Gasteiger partial charge in [0.05, 0.1) is 18.1 Å². The summed E-state index contributed by atoms with van der Waals surface area (Å²) >= 11 is 0. The van der Waals surface area contributed by atoms with Crippen molar-refractivity contribution in [1.29, 1.82) is 0 Å². The van der Waals surface area contributed by atoms with Crippen LogP contribution < -0.4 is 0 Å². The standard InChI is InChI=1S/C15H22O4/c1-7-9(16)4-5-15(3)6-10(17)11-8(2)14(18)19-13(11)12(7)15/h8-11,13,16-17H,4-6H2,1-3H3/t8-,9-,10-,11+,13+,15+/m0/s1. The predicted octanol–water partition coefficient (Wildman–Crippen LogP) is 1.41. The van der Waals surface area contributed by atoms with Gasteiger partial charge in [0.1, 0.15) is 6.10 Å². The zero-order valence-corrected chi connectivity index (χ0v) is 11.7. The van der Waals surface area contributed by atoms with E-state index in [0.717, 1.165) is 24.0 Å². The molecule has 2 fully saturated rings. The van der Waals surface area contributed by atoms with E-state index in [-0.39, 0.29) is 29.3 Å². The highest BCUT2D eigenvalue weighted by molar-refractivity contribution is 5.76. The summed E-state index contributed by atoms with van der Waals surface area (Å²) in [4.78, 5) is 11.8. The van der Waals surface area contributed by atoms with E-state index < -0.39 is 12.2 Å². The number of aliphatic hydroxyl groups excluding tert-OH is 2. The second-order valence-corrected chi connectivity index (χ2v) is 6.71. The lowest BCUT2D eigenvalue weighted by Crippen LogP contribution is -2.49. The molecule has 0 amide bonds. The predicted molar refractivity (Wildman–Crippen MR) is 69.2 cm³/mol. The van der Waals surface area contributed by atoms with Crippen LogP contribution >= 0.6 is 0 Å². The number of esters is 1. The van der Waals surface area contributed by atoms with Crippen LogP contribution in [0, 0.1) is 17.3 Å². The average molecular weight is 266 g/mol. The van der Waals surface area contributed by atoms with Gasteiger partial charge in [-0.05, 0) is 42.7 Å². The summed E-state index contributed by atoms with van der Waals surface area (Å²) < 4.78 is 5.53. The van der Waals surface area contributed by atoms with Gasteiger partial charge in [-0.3, -0.25) is 4.79 Å². The number of carbonyl (C=O) groups excluding carboxylic acids is 1. The third-order valence-corrected chi connectivity index (χ3v) is 5.47. The molecule has 3 rings (SSSR count). The summed E-state index contributed by atoms with van der Waals surface area (Å²) in [5.41, 5.74) is 1.87. The third kappa shape index (κ3) is 1.69. The maximum atomic E-state index is 11.8. The Bertz CT molecular complexity index is 455. The van der Waals surface area contributed by atoms with E-state index in [1.807, 2.05) is 13.8 Å². The number of aliphatic hydroxyl groups is 2. The first-order valence-corrected chi connectivity index (χ1v) is 7.13. The SMILES string of the molecule is CC1=C2[C@@H]3OC(=O)[C@@H](C)[C@@H]3[C@@H](O)C[C@@]2(C)CC[C@@H]1O. The van der Waals surface area contributed by atoms with Crippen LogP contribution in [0.15, 0.2) is 11.1 Å². The van der Waals surface area contributed by atoms with E-state index >= 15 is 0 Å². The Morgan fingerprint density at radius 2 is 2.05 bits per heavy atom. The third-order valence-electron chi connectivity index (χ3n) is 5.47. The number of rotatable bonds is 0. The highest BCUT2D eigenvalue weighted by Gasteiger charge is 2.57. The molecule has 0 radical (unpaired) electrons. The monoisotopic (exact) mass is 266 g/mol. The van der Waals surface area contributed by atoms with Crippen LogP contribution in [0.2, 0.25) is 0 Å². The van der Waals surface area contributed by atoms with Gasteiger partial charge in [0.25, 0.3) is 0 Å². The van der Waals surface area contributed by atoms with E-state index in [2.05, 4.69) is 6.92 Å². The van der Waals surface area contributed by atoms with Gasteiger partial charge in [0.2, 0.25) is 0 Å². The number of hydrogen-bond acceptors (Lipinski definition) is 4. The van der Waals surface area contributed by atoms with E-state index in [0.29, 0.717) is 6.42 Å². The summed E-state index contributed by atoms with van der Waals surface area (Å²) in [7, 11) is 0. The zero-order chi connectivity index (χ0) is 13.9. The summed E-state index contributed by atoms with van der Waals surface area (Å²) in [5, 5.41) is 20.5. The molecule has 106 valence electrons. The molecular formula is C15H22O4. The second kappa shape index (κ2) is 4.06. The molecule has 3 aliphatic rings. The van der Waals surface area contributed by atoms with Crippen molar-refractivity contribution < 1.29 is 19.7 Å². The molecule has 0 aromatic carbocycles. The summed E-state index contributed by atoms with van der Waals surface area (Å²) in [5.74, 6) is -0.640. The maximum absolute atomic E-state index is 11.8. The van der Waals surface area contributed by atoms with Crippen LogP contribution in [-0.4, -0.2) is 34.5 Å². The molecule has 6 atom stereocenters. The van der Waals surface area contributed by atoms with Gasteiger partial charge in [0, 0.05) is 5.92 Å². The Balaban J connectivity index is 2.10. The van der Waals surface area contributed by atoms with E-state index in [1.54, 1.807) is 0 Å². The highest BCUT2D eigenvalue weighted by atomic mass is 16.6. The molecule has 4 nitrogen and oxygen atoms in total. The first kappa shape index (κ1) is 13.1. The normalized spacial score (nSPS) is 49.7. The first-order valence-electron chi connectivity index (χ1n) is 7.13. The largest absolute Gasteiger partial charge is 0.457 e. The van der Waals surface area contributed by atoms with Crippen molar-refractivity contribution >= 4 is 5.97 Å². The van der Waals surface area contributed by atoms with Gasteiger partial charge < -0.3 is 14.9 Å². The minimum absolute atomic E-state index is 0.145. The van der Waals surface area contributed by atoms with Crippen LogP contribution in [0.4, 0.5) is 0 Å². The highest BCUT2D eigenvalue weighted by Crippen LogP contribution is 2.55. The molecule has 2 N–H and O–H groups in total. The molecule has 0 aromatic heterocycles. The molecule has 0 aromatic rings. The van der Waals surface area contributed by atoms with E-state index in [9.17, 15) is 15.0 Å². The fourth-order valence-electron chi connectivity index (χ4n) is 4.36. The molecule has 0 spiro atoms. The van der Waals surface area contributed by atoms with E-state index in [4.69, 9.17) is 4.74 Å². The van der Waals surface area contributed by atoms with Crippen molar-refractivity contribution in [2.75, 3.05) is 0 Å². The number of ether oxygens (including phenoxy) is 1. The lowest BCUT2D eigenvalue weighted by Gasteiger charge is -2.49. The van der Waals surface area contributed by atoms with Crippen LogP contribution in [0.1, 0.15) is 40.0 Å². The Kier molecular flexibility index (Phi) is 2.81. The summed E-state index contributed by atoms with van der Waals surface area (Å²) in [6.45, 7) is 5.88. The molecule has 1 aliphatic heterocycles. The van der Waals surface area contributed by atoms with Crippen molar-refractivity contribution in [3.05, 3.63) is 11.1 Å². The smallest absolute Gasteiger partial charge is 0.309 e. The summed E-state index contributed by atoms with van der Waals surface area (Å²) in [6.07, 6.45) is 0.948. The van der Waals surface area contributed by atoms with Crippen molar-refractivity contribution in [3.8, 4) is 0 Å². The Hall–Kier alpha value is -0.870. The van der Waals surface area contributed by atoms with Crippen molar-refractivity contribution in [2.24, 2.45) is 17.3 Å². The van der Waals surface area contributed by atoms with Crippen LogP contribution in [-0.2, 0) is 9.53 Å². The maximum Gasteiger partial charge on any atom is 0.309 e. The van der Waals surface area contributed by atoms with Crippen molar-refractivity contribution in [1.82, 2.24) is 0 Å². The molecular weight excluding hydrogens is 244 g/mol. The van der Waals surface area contributed by atoms with Crippen molar-refractivity contribution in [3.63, 3.8) is 0 Å². The molecule has 1 heterocycles. The van der Waals surface area contributed by atoms with Gasteiger partial charge >= 0.3 is 5.97 Å². The van der Waals surface area contributed by atoms with Crippen LogP contribution in [0.5, 0.6) is 0 Å². The van der Waals surface area contributed by atoms with Gasteiger partial charge in [-0.2, -0.15) is 0 Å². The summed E-state index contributed by atoms with van der Waals surface area (Å²) in [6, 6.07) is 0. The van der Waals surface area contributed by atoms with Crippen LogP contribution in [0.25, 0.3) is 0 Å². The molecule has 2 aliphatic carbocycles. The molecule has 4 heteroatoms. The number of carbonyl (C=O) groups is 1. The van der Waals surface area contributed by atoms with E-state index in [1.165, 1.54) is 0 Å². The molecule has 0 unspecified atom stereocenters. The van der Waals surface area contributed by atoms with Gasteiger partial charge in [-0.1, -0.05) is 13.8 Å². The lowest BCUT2D eigenvalue weighted by atomic mass is 9.58. The fraction of sp³-hybridized carbons (Fsp3) is 0.800. The minimum Gasteiger partial charge on any atom is -0.457 e. The van der Waals surface area contributed by atoms with Gasteiger partial charge in [-0.15, -0.1) is 0 Å². The Morgan fingerprint density at radius 1 is 1.37 bits per heavy atom. The second-order valence-electron chi connectivity index (χ2n) is 6.71. The van der Waals surface area contributed by atoms with Gasteiger partial charge in [0.15, 0.2) is 0 Å². The lowest BCUT2D eigenvalue weighted by molar-refractivity contribution is -0.143. The average Bonchev–Trinajstić information content (AvgIpc) is 2.61. The Morgan fingerprint density at radius 3 is 2.74 bits per heavy atom. The quantitative estimate of drug-likeness (QED) is 0.514. The molecule has 19 heavy (non-hydrogen) atoms. The number of fused-ring (bicyclic) bond motifs is 3. The van der Waals surface area contributed by atoms with Crippen LogP contribution in [0.3, 0.4) is 0 Å². The molecule has 1 saturated carbocycles. The minimum atomic E-state index is -0.497. The molecule has 0 bridgehead atoms. The number of hydrogen-bond donors (Lipinski definition) is 2. The Labute approximate surface area is 113 Å². The fourth-order valence-corrected chi connectivity index (χ4v) is 4.36. The van der Waals surface area contributed by atoms with Crippen molar-refractivity contribution in [2.45, 2.75) is 58.3 Å². The first-order chi connectivity index (χ1) is 8.85. The zero-order valence-electron chi connectivity index (χ0n) is 11.7. The topological polar surface area (TPSA) is 66.8 Å².